The normalized spacial score (nSPS) is 11.3. The van der Waals surface area contributed by atoms with Crippen molar-refractivity contribution in [2.45, 2.75) is 25.4 Å². The maximum atomic E-state index is 12.3. The van der Waals surface area contributed by atoms with E-state index < -0.39 is 23.4 Å². The van der Waals surface area contributed by atoms with E-state index in [0.717, 1.165) is 4.88 Å². The number of hydrogen-bond donors (Lipinski definition) is 4. The Kier molecular flexibility index (Phi) is 6.69. The number of hydrogen-bond acceptors (Lipinski definition) is 6. The Balaban J connectivity index is 2.06. The summed E-state index contributed by atoms with van der Waals surface area (Å²) in [6, 6.07) is 5.40. The summed E-state index contributed by atoms with van der Waals surface area (Å²) in [4.78, 5) is 28.8. The number of nitrogens with one attached hydrogen (secondary N) is 2. The molecule has 7 nitrogen and oxygen atoms in total. The van der Waals surface area contributed by atoms with Gasteiger partial charge in [0.1, 0.15) is 6.04 Å². The number of nitrogens with two attached hydrogens (primary N) is 1. The van der Waals surface area contributed by atoms with Crippen LogP contribution >= 0.6 is 11.3 Å². The van der Waals surface area contributed by atoms with Crippen LogP contribution in [0.1, 0.15) is 34.6 Å². The highest BCUT2D eigenvalue weighted by Gasteiger charge is 2.33. The zero-order valence-electron chi connectivity index (χ0n) is 14.7. The zero-order valence-corrected chi connectivity index (χ0v) is 15.6. The van der Waals surface area contributed by atoms with Gasteiger partial charge in [0.05, 0.1) is 16.6 Å². The topological polar surface area (TPSA) is 117 Å². The summed E-state index contributed by atoms with van der Waals surface area (Å²) < 4.78 is 0. The van der Waals surface area contributed by atoms with Crippen LogP contribution in [0.5, 0.6) is 0 Å². The Morgan fingerprint density at radius 2 is 1.89 bits per heavy atom. The first-order valence-corrected chi connectivity index (χ1v) is 8.73. The van der Waals surface area contributed by atoms with E-state index >= 15 is 0 Å². The first-order chi connectivity index (χ1) is 12.8. The van der Waals surface area contributed by atoms with Gasteiger partial charge in [0.15, 0.2) is 0 Å². The third-order valence-corrected chi connectivity index (χ3v) is 4.11. The quantitative estimate of drug-likeness (QED) is 0.356. The van der Waals surface area contributed by atoms with E-state index in [1.54, 1.807) is 49.8 Å². The predicted octanol–water partition coefficient (Wildman–Crippen LogP) is 0.887. The molecule has 0 unspecified atom stereocenters. The molecule has 27 heavy (non-hydrogen) atoms. The fourth-order valence-corrected chi connectivity index (χ4v) is 2.51. The van der Waals surface area contributed by atoms with Crippen molar-refractivity contribution < 1.29 is 14.8 Å². The van der Waals surface area contributed by atoms with E-state index in [9.17, 15) is 9.59 Å². The van der Waals surface area contributed by atoms with E-state index in [1.165, 1.54) is 16.8 Å². The van der Waals surface area contributed by atoms with E-state index in [-0.39, 0.29) is 0 Å². The maximum Gasteiger partial charge on any atom is 0.267 e. The van der Waals surface area contributed by atoms with Gasteiger partial charge in [0.25, 0.3) is 11.8 Å². The number of nitrogens with zero attached hydrogens (tertiary/aromatic N) is 1. The van der Waals surface area contributed by atoms with E-state index in [0.29, 0.717) is 11.1 Å². The first-order valence-electron chi connectivity index (χ1n) is 7.85. The third-order valence-electron chi connectivity index (χ3n) is 3.43. The Bertz CT molecular complexity index is 924. The average molecular weight is 382 g/mol. The molecule has 0 spiro atoms. The van der Waals surface area contributed by atoms with Gasteiger partial charge in [-0.05, 0) is 55.9 Å². The summed E-state index contributed by atoms with van der Waals surface area (Å²) in [5.74, 6) is 9.93. The molecule has 1 atom stereocenters. The second-order valence-corrected chi connectivity index (χ2v) is 7.03. The molecule has 2 amide bonds. The van der Waals surface area contributed by atoms with Gasteiger partial charge in [0, 0.05) is 16.7 Å². The smallest absolute Gasteiger partial charge is 0.267 e. The lowest BCUT2D eigenvalue weighted by atomic mass is 9.95. The van der Waals surface area contributed by atoms with Crippen LogP contribution in [0, 0.1) is 23.7 Å². The van der Waals surface area contributed by atoms with E-state index in [1.807, 2.05) is 0 Å². The number of hydroxylamine groups is 1. The van der Waals surface area contributed by atoms with Crippen LogP contribution in [0.4, 0.5) is 0 Å². The Labute approximate surface area is 161 Å². The number of amides is 2. The van der Waals surface area contributed by atoms with Crippen molar-refractivity contribution in [2.75, 3.05) is 0 Å². The van der Waals surface area contributed by atoms with Crippen LogP contribution in [0.3, 0.4) is 0 Å². The van der Waals surface area contributed by atoms with Crippen molar-refractivity contribution >= 4 is 23.2 Å². The van der Waals surface area contributed by atoms with Gasteiger partial charge in [0.2, 0.25) is 0 Å². The average Bonchev–Trinajstić information content (AvgIpc) is 3.15. The van der Waals surface area contributed by atoms with E-state index in [2.05, 4.69) is 34.0 Å². The number of carbonyl (C=O) groups is 2. The molecule has 0 fully saturated rings. The molecule has 2 aromatic rings. The molecule has 0 saturated heterocycles. The van der Waals surface area contributed by atoms with Crippen molar-refractivity contribution in [1.82, 2.24) is 15.8 Å². The van der Waals surface area contributed by atoms with E-state index in [4.69, 9.17) is 10.9 Å². The largest absolute Gasteiger partial charge is 0.338 e. The van der Waals surface area contributed by atoms with Crippen LogP contribution in [0.2, 0.25) is 0 Å². The molecule has 0 radical (unpaired) electrons. The molecule has 5 N–H and O–H groups in total. The molecule has 1 aromatic heterocycles. The maximum absolute atomic E-state index is 12.3. The second kappa shape index (κ2) is 8.97. The minimum Gasteiger partial charge on any atom is -0.338 e. The summed E-state index contributed by atoms with van der Waals surface area (Å²) in [5.41, 5.74) is 9.05. The second-order valence-electron chi connectivity index (χ2n) is 6.15. The summed E-state index contributed by atoms with van der Waals surface area (Å²) >= 11 is 1.43. The van der Waals surface area contributed by atoms with Crippen LogP contribution < -0.4 is 16.5 Å². The predicted molar refractivity (Wildman–Crippen MR) is 102 cm³/mol. The molecule has 0 bridgehead atoms. The fraction of sp³-hybridized carbons (Fsp3) is 0.211. The fourth-order valence-electron chi connectivity index (χ4n) is 2.05. The monoisotopic (exact) mass is 382 g/mol. The number of thiazole rings is 1. The number of rotatable bonds is 4. The van der Waals surface area contributed by atoms with Gasteiger partial charge in [-0.2, -0.15) is 0 Å². The van der Waals surface area contributed by atoms with Crippen molar-refractivity contribution in [3.63, 3.8) is 0 Å². The summed E-state index contributed by atoms with van der Waals surface area (Å²) in [6.07, 6.45) is 1.67. The lowest BCUT2D eigenvalue weighted by molar-refractivity contribution is -0.132. The van der Waals surface area contributed by atoms with Crippen LogP contribution in [0.25, 0.3) is 0 Å². The third kappa shape index (κ3) is 5.94. The van der Waals surface area contributed by atoms with Crippen molar-refractivity contribution in [2.24, 2.45) is 5.73 Å². The molecule has 0 aliphatic heterocycles. The highest BCUT2D eigenvalue weighted by Crippen LogP contribution is 2.09. The SMILES string of the molecule is CC(C)(N)[C@H](NC(=O)c1ccc(C#CC#Cc2cncs2)cc1)C(=O)NO. The lowest BCUT2D eigenvalue weighted by Gasteiger charge is -2.29. The molecule has 2 rings (SSSR count). The van der Waals surface area contributed by atoms with Crippen LogP contribution in [-0.4, -0.2) is 33.6 Å². The van der Waals surface area contributed by atoms with Gasteiger partial charge >= 0.3 is 0 Å². The standard InChI is InChI=1S/C19H18N4O3S/c1-19(2,20)16(18(25)23-26)22-17(24)14-9-7-13(8-10-14)5-3-4-6-15-11-21-12-27-15/h7-12,16,26H,20H2,1-2H3,(H,22,24)(H,23,25)/t16-/m1/s1. The first kappa shape index (κ1) is 20.1. The van der Waals surface area contributed by atoms with Gasteiger partial charge in [-0.15, -0.1) is 11.3 Å². The molecular weight excluding hydrogens is 364 g/mol. The highest BCUT2D eigenvalue weighted by atomic mass is 32.1. The zero-order chi connectivity index (χ0) is 19.9. The Morgan fingerprint density at radius 3 is 2.44 bits per heavy atom. The molecule has 8 heteroatoms. The van der Waals surface area contributed by atoms with Gasteiger partial charge < -0.3 is 11.1 Å². The summed E-state index contributed by atoms with van der Waals surface area (Å²) in [5, 5.41) is 11.3. The molecule has 138 valence electrons. The molecular formula is C19H18N4O3S. The lowest BCUT2D eigenvalue weighted by Crippen LogP contribution is -2.61. The summed E-state index contributed by atoms with van der Waals surface area (Å²) in [6.45, 7) is 3.14. The molecule has 0 aliphatic carbocycles. The van der Waals surface area contributed by atoms with Gasteiger partial charge in [-0.3, -0.25) is 19.8 Å². The van der Waals surface area contributed by atoms with Gasteiger partial charge in [-0.25, -0.2) is 5.48 Å². The Morgan fingerprint density at radius 1 is 1.22 bits per heavy atom. The highest BCUT2D eigenvalue weighted by molar-refractivity contribution is 7.10. The molecule has 0 aliphatic rings. The van der Waals surface area contributed by atoms with Crippen LogP contribution in [-0.2, 0) is 4.79 Å². The number of benzene rings is 1. The Hall–Kier alpha value is -3.17. The molecule has 0 saturated carbocycles. The molecule has 1 aromatic carbocycles. The van der Waals surface area contributed by atoms with Crippen molar-refractivity contribution in [1.29, 1.82) is 0 Å². The van der Waals surface area contributed by atoms with Crippen molar-refractivity contribution in [3.8, 4) is 23.7 Å². The van der Waals surface area contributed by atoms with Crippen LogP contribution in [0.15, 0.2) is 36.0 Å². The summed E-state index contributed by atoms with van der Waals surface area (Å²) in [7, 11) is 0. The van der Waals surface area contributed by atoms with Crippen molar-refractivity contribution in [3.05, 3.63) is 52.0 Å². The molecule has 1 heterocycles. The van der Waals surface area contributed by atoms with Gasteiger partial charge in [-0.1, -0.05) is 5.92 Å². The number of carbonyl (C=O) groups excluding carboxylic acids is 2. The minimum absolute atomic E-state index is 0.330. The number of aromatic nitrogens is 1. The minimum atomic E-state index is -1.10.